The molecule has 2 heterocycles. The zero-order valence-corrected chi connectivity index (χ0v) is 12.4. The number of aromatic nitrogens is 2. The first kappa shape index (κ1) is 11.5. The van der Waals surface area contributed by atoms with Crippen LogP contribution in [0.1, 0.15) is 42.5 Å². The van der Waals surface area contributed by atoms with Gasteiger partial charge in [0, 0.05) is 10.9 Å². The van der Waals surface area contributed by atoms with Crippen molar-refractivity contribution in [1.29, 1.82) is 0 Å². The van der Waals surface area contributed by atoms with Crippen molar-refractivity contribution >= 4 is 27.4 Å². The minimum Gasteiger partial charge on any atom is -0.366 e. The first-order chi connectivity index (χ1) is 9.90. The molecule has 0 amide bonds. The SMILES string of the molecule is c1nc(NC2[C@@H]3CCC[C@H]2C3)c2c3c(sc2n1)CCC3. The van der Waals surface area contributed by atoms with E-state index >= 15 is 0 Å². The van der Waals surface area contributed by atoms with Gasteiger partial charge in [-0.15, -0.1) is 11.3 Å². The van der Waals surface area contributed by atoms with E-state index in [1.807, 2.05) is 11.3 Å². The molecule has 3 aliphatic carbocycles. The summed E-state index contributed by atoms with van der Waals surface area (Å²) in [5.41, 5.74) is 1.54. The normalized spacial score (nSPS) is 31.1. The molecule has 5 rings (SSSR count). The topological polar surface area (TPSA) is 37.8 Å². The van der Waals surface area contributed by atoms with Gasteiger partial charge in [0.15, 0.2) is 0 Å². The van der Waals surface area contributed by atoms with Crippen LogP contribution in [0.15, 0.2) is 6.33 Å². The first-order valence-corrected chi connectivity index (χ1v) is 8.73. The number of nitrogens with zero attached hydrogens (tertiary/aromatic N) is 2. The number of thiophene rings is 1. The van der Waals surface area contributed by atoms with Crippen molar-refractivity contribution in [2.75, 3.05) is 5.32 Å². The summed E-state index contributed by atoms with van der Waals surface area (Å²) in [6, 6.07) is 0.679. The second kappa shape index (κ2) is 4.17. The fraction of sp³-hybridized carbons (Fsp3) is 0.625. The molecule has 3 nitrogen and oxygen atoms in total. The lowest BCUT2D eigenvalue weighted by Gasteiger charge is -2.50. The van der Waals surface area contributed by atoms with E-state index in [0.29, 0.717) is 6.04 Å². The Kier molecular flexibility index (Phi) is 2.40. The highest BCUT2D eigenvalue weighted by Crippen LogP contribution is 2.48. The molecule has 0 spiro atoms. The van der Waals surface area contributed by atoms with Crippen LogP contribution in [0.25, 0.3) is 10.2 Å². The van der Waals surface area contributed by atoms with E-state index in [4.69, 9.17) is 0 Å². The maximum absolute atomic E-state index is 4.59. The Morgan fingerprint density at radius 3 is 2.85 bits per heavy atom. The lowest BCUT2D eigenvalue weighted by Crippen LogP contribution is -2.50. The quantitative estimate of drug-likeness (QED) is 0.912. The van der Waals surface area contributed by atoms with Gasteiger partial charge in [0.05, 0.1) is 5.39 Å². The van der Waals surface area contributed by atoms with Crippen LogP contribution in [0.2, 0.25) is 0 Å². The monoisotopic (exact) mass is 285 g/mol. The Hall–Kier alpha value is -1.16. The molecule has 0 saturated heterocycles. The van der Waals surface area contributed by atoms with E-state index in [1.54, 1.807) is 11.2 Å². The van der Waals surface area contributed by atoms with Crippen LogP contribution in [0.3, 0.4) is 0 Å². The highest BCUT2D eigenvalue weighted by Gasteiger charge is 2.43. The van der Waals surface area contributed by atoms with Crippen LogP contribution in [0.4, 0.5) is 5.82 Å². The minimum atomic E-state index is 0.679. The molecule has 104 valence electrons. The average Bonchev–Trinajstić information content (AvgIpc) is 3.05. The third-order valence-electron chi connectivity index (χ3n) is 5.58. The van der Waals surface area contributed by atoms with Gasteiger partial charge in [-0.2, -0.15) is 0 Å². The molecule has 3 atom stereocenters. The lowest BCUT2D eigenvalue weighted by molar-refractivity contribution is 0.0904. The zero-order valence-electron chi connectivity index (χ0n) is 11.6. The number of hydrogen-bond donors (Lipinski definition) is 1. The van der Waals surface area contributed by atoms with Gasteiger partial charge in [0.25, 0.3) is 0 Å². The van der Waals surface area contributed by atoms with E-state index in [9.17, 15) is 0 Å². The summed E-state index contributed by atoms with van der Waals surface area (Å²) in [4.78, 5) is 11.8. The molecule has 2 aromatic rings. The molecule has 0 aliphatic heterocycles. The maximum Gasteiger partial charge on any atom is 0.138 e. The van der Waals surface area contributed by atoms with Crippen molar-refractivity contribution in [3.05, 3.63) is 16.8 Å². The molecular formula is C16H19N3S. The van der Waals surface area contributed by atoms with Gasteiger partial charge in [0.1, 0.15) is 17.0 Å². The van der Waals surface area contributed by atoms with Crippen molar-refractivity contribution in [2.24, 2.45) is 11.8 Å². The van der Waals surface area contributed by atoms with Gasteiger partial charge < -0.3 is 5.32 Å². The Morgan fingerprint density at radius 2 is 2.00 bits per heavy atom. The number of aryl methyl sites for hydroxylation is 2. The molecule has 1 unspecified atom stereocenters. The smallest absolute Gasteiger partial charge is 0.138 e. The first-order valence-electron chi connectivity index (χ1n) is 7.92. The molecule has 2 bridgehead atoms. The Balaban J connectivity index is 1.55. The van der Waals surface area contributed by atoms with Gasteiger partial charge in [-0.25, -0.2) is 9.97 Å². The van der Waals surface area contributed by atoms with E-state index in [1.165, 1.54) is 60.7 Å². The predicted octanol–water partition coefficient (Wildman–Crippen LogP) is 3.78. The Labute approximate surface area is 122 Å². The van der Waals surface area contributed by atoms with Gasteiger partial charge >= 0.3 is 0 Å². The van der Waals surface area contributed by atoms with Crippen molar-refractivity contribution in [3.8, 4) is 0 Å². The molecule has 3 aliphatic rings. The third kappa shape index (κ3) is 1.51. The lowest BCUT2D eigenvalue weighted by atomic mass is 9.61. The fourth-order valence-electron chi connectivity index (χ4n) is 4.54. The van der Waals surface area contributed by atoms with E-state index in [2.05, 4.69) is 15.3 Å². The summed E-state index contributed by atoms with van der Waals surface area (Å²) in [5.74, 6) is 2.91. The van der Waals surface area contributed by atoms with Crippen molar-refractivity contribution in [3.63, 3.8) is 0 Å². The second-order valence-corrected chi connectivity index (χ2v) is 7.70. The largest absolute Gasteiger partial charge is 0.366 e. The predicted molar refractivity (Wildman–Crippen MR) is 82.3 cm³/mol. The van der Waals surface area contributed by atoms with Gasteiger partial charge in [-0.05, 0) is 55.9 Å². The van der Waals surface area contributed by atoms with Crippen molar-refractivity contribution < 1.29 is 0 Å². The molecule has 1 N–H and O–H groups in total. The zero-order chi connectivity index (χ0) is 13.1. The number of anilines is 1. The summed E-state index contributed by atoms with van der Waals surface area (Å²) in [7, 11) is 0. The van der Waals surface area contributed by atoms with E-state index < -0.39 is 0 Å². The summed E-state index contributed by atoms with van der Waals surface area (Å²) in [5, 5.41) is 5.14. The highest BCUT2D eigenvalue weighted by molar-refractivity contribution is 7.19. The summed E-state index contributed by atoms with van der Waals surface area (Å²) in [6.07, 6.45) is 11.2. The van der Waals surface area contributed by atoms with Crippen molar-refractivity contribution in [2.45, 2.75) is 51.0 Å². The summed E-state index contributed by atoms with van der Waals surface area (Å²) in [6.45, 7) is 0. The number of hydrogen-bond acceptors (Lipinski definition) is 4. The van der Waals surface area contributed by atoms with E-state index in [-0.39, 0.29) is 0 Å². The molecule has 2 fully saturated rings. The summed E-state index contributed by atoms with van der Waals surface area (Å²) < 4.78 is 0. The molecule has 4 heteroatoms. The average molecular weight is 285 g/mol. The number of fused-ring (bicyclic) bond motifs is 5. The third-order valence-corrected chi connectivity index (χ3v) is 6.78. The van der Waals surface area contributed by atoms with Crippen molar-refractivity contribution in [1.82, 2.24) is 9.97 Å². The second-order valence-electron chi connectivity index (χ2n) is 6.62. The van der Waals surface area contributed by atoms with Crippen LogP contribution in [-0.4, -0.2) is 16.0 Å². The van der Waals surface area contributed by atoms with Crippen LogP contribution in [0, 0.1) is 11.8 Å². The van der Waals surface area contributed by atoms with Crippen LogP contribution < -0.4 is 5.32 Å². The van der Waals surface area contributed by atoms with E-state index in [0.717, 1.165) is 17.7 Å². The van der Waals surface area contributed by atoms with Gasteiger partial charge in [0.2, 0.25) is 0 Å². The molecule has 0 aromatic carbocycles. The Bertz CT molecular complexity index is 664. The highest BCUT2D eigenvalue weighted by atomic mass is 32.1. The Morgan fingerprint density at radius 1 is 1.10 bits per heavy atom. The standard InChI is InChI=1S/C16H19N3S/c1-3-9-7-10(4-1)14(9)19-15-13-11-5-2-6-12(11)20-16(13)18-8-17-15/h8-10,14H,1-7H2,(H,17,18,19)/t9-,10+,14?. The number of nitrogens with one attached hydrogen (secondary N) is 1. The molecule has 0 radical (unpaired) electrons. The molecule has 2 saturated carbocycles. The minimum absolute atomic E-state index is 0.679. The van der Waals surface area contributed by atoms with Gasteiger partial charge in [-0.1, -0.05) is 6.42 Å². The van der Waals surface area contributed by atoms with Gasteiger partial charge in [-0.3, -0.25) is 0 Å². The maximum atomic E-state index is 4.59. The van der Waals surface area contributed by atoms with Crippen LogP contribution in [-0.2, 0) is 12.8 Å². The van der Waals surface area contributed by atoms with Crippen LogP contribution >= 0.6 is 11.3 Å². The molecule has 2 aromatic heterocycles. The number of rotatable bonds is 2. The molecule has 20 heavy (non-hydrogen) atoms. The fourth-order valence-corrected chi connectivity index (χ4v) is 5.77. The summed E-state index contributed by atoms with van der Waals surface area (Å²) >= 11 is 1.88. The van der Waals surface area contributed by atoms with Crippen LogP contribution in [0.5, 0.6) is 0 Å². The molecular weight excluding hydrogens is 266 g/mol.